The van der Waals surface area contributed by atoms with Crippen LogP contribution in [0.15, 0.2) is 0 Å². The summed E-state index contributed by atoms with van der Waals surface area (Å²) < 4.78 is 17.0. The highest BCUT2D eigenvalue weighted by Gasteiger charge is 2.43. The Labute approximate surface area is 277 Å². The molecular formula is C39H72O6. The normalized spacial score (nSPS) is 18.5. The summed E-state index contributed by atoms with van der Waals surface area (Å²) >= 11 is 0. The van der Waals surface area contributed by atoms with Crippen LogP contribution in [0.2, 0.25) is 0 Å². The first-order valence-corrected chi connectivity index (χ1v) is 19.1. The predicted molar refractivity (Wildman–Crippen MR) is 185 cm³/mol. The fraction of sp³-hybridized carbons (Fsp3) is 0.923. The topological polar surface area (TPSA) is 78.9 Å². The van der Waals surface area contributed by atoms with Gasteiger partial charge in [-0.25, -0.2) is 0 Å². The lowest BCUT2D eigenvalue weighted by Gasteiger charge is -2.32. The molecule has 0 aromatic heterocycles. The molecule has 0 bridgehead atoms. The van der Waals surface area contributed by atoms with Crippen molar-refractivity contribution in [1.29, 1.82) is 0 Å². The molecule has 1 aliphatic carbocycles. The lowest BCUT2D eigenvalue weighted by Crippen LogP contribution is -2.40. The molecule has 1 fully saturated rings. The van der Waals surface area contributed by atoms with Gasteiger partial charge in [-0.05, 0) is 56.3 Å². The van der Waals surface area contributed by atoms with E-state index in [1.807, 2.05) is 0 Å². The first-order chi connectivity index (χ1) is 21.6. The molecular weight excluding hydrogens is 564 g/mol. The van der Waals surface area contributed by atoms with E-state index in [9.17, 15) is 14.4 Å². The Balaban J connectivity index is 2.52. The van der Waals surface area contributed by atoms with E-state index in [0.29, 0.717) is 39.1 Å². The molecule has 3 atom stereocenters. The molecule has 1 saturated carbocycles. The van der Waals surface area contributed by atoms with E-state index >= 15 is 0 Å². The molecule has 0 aromatic carbocycles. The third kappa shape index (κ3) is 21.8. The molecule has 3 unspecified atom stereocenters. The quantitative estimate of drug-likeness (QED) is 0.0507. The highest BCUT2D eigenvalue weighted by atomic mass is 16.5. The Kier molecular flexibility index (Phi) is 24.4. The Hall–Kier alpha value is -1.59. The van der Waals surface area contributed by atoms with Gasteiger partial charge in [-0.15, -0.1) is 0 Å². The molecule has 0 aromatic rings. The fourth-order valence-electron chi connectivity index (χ4n) is 6.33. The van der Waals surface area contributed by atoms with Crippen LogP contribution in [0.5, 0.6) is 0 Å². The molecule has 0 spiro atoms. The van der Waals surface area contributed by atoms with E-state index in [2.05, 4.69) is 41.5 Å². The van der Waals surface area contributed by atoms with E-state index in [0.717, 1.165) is 69.1 Å². The van der Waals surface area contributed by atoms with Crippen molar-refractivity contribution in [3.63, 3.8) is 0 Å². The summed E-state index contributed by atoms with van der Waals surface area (Å²) in [7, 11) is 0. The highest BCUT2D eigenvalue weighted by Crippen LogP contribution is 2.36. The smallest absolute Gasteiger partial charge is 0.309 e. The van der Waals surface area contributed by atoms with Gasteiger partial charge in [0.05, 0.1) is 37.6 Å². The third-order valence-electron chi connectivity index (χ3n) is 9.30. The molecule has 0 heterocycles. The van der Waals surface area contributed by atoms with Gasteiger partial charge in [0.15, 0.2) is 0 Å². The van der Waals surface area contributed by atoms with Crippen molar-refractivity contribution in [2.24, 2.45) is 35.5 Å². The molecule has 45 heavy (non-hydrogen) atoms. The van der Waals surface area contributed by atoms with Gasteiger partial charge in [-0.2, -0.15) is 0 Å². The SMILES string of the molecule is CC(C)CCCCCCCOC(=O)C1CCC(C(=O)OCCCCCCCC(C)C)C(C(=O)OCCCCCCCC(C)C)C1. The van der Waals surface area contributed by atoms with Crippen molar-refractivity contribution in [3.05, 3.63) is 0 Å². The molecule has 6 heteroatoms. The van der Waals surface area contributed by atoms with Gasteiger partial charge in [0.2, 0.25) is 0 Å². The lowest BCUT2D eigenvalue weighted by molar-refractivity contribution is -0.167. The molecule has 6 nitrogen and oxygen atoms in total. The Bertz CT molecular complexity index is 761. The second-order valence-electron chi connectivity index (χ2n) is 15.1. The number of carbonyl (C=O) groups excluding carboxylic acids is 3. The van der Waals surface area contributed by atoms with Gasteiger partial charge in [0.1, 0.15) is 0 Å². The number of unbranched alkanes of at least 4 members (excludes halogenated alkanes) is 12. The van der Waals surface area contributed by atoms with Crippen molar-refractivity contribution < 1.29 is 28.6 Å². The molecule has 0 saturated heterocycles. The van der Waals surface area contributed by atoms with Crippen LogP contribution in [0.25, 0.3) is 0 Å². The van der Waals surface area contributed by atoms with Crippen molar-refractivity contribution in [2.45, 2.75) is 176 Å². The van der Waals surface area contributed by atoms with Crippen molar-refractivity contribution in [3.8, 4) is 0 Å². The fourth-order valence-corrected chi connectivity index (χ4v) is 6.33. The number of carbonyl (C=O) groups is 3. The van der Waals surface area contributed by atoms with Gasteiger partial charge in [0.25, 0.3) is 0 Å². The molecule has 1 rings (SSSR count). The van der Waals surface area contributed by atoms with Gasteiger partial charge in [-0.1, -0.05) is 138 Å². The number of hydrogen-bond acceptors (Lipinski definition) is 6. The maximum Gasteiger partial charge on any atom is 0.309 e. The average molecular weight is 637 g/mol. The summed E-state index contributed by atoms with van der Waals surface area (Å²) in [6.45, 7) is 14.7. The van der Waals surface area contributed by atoms with Gasteiger partial charge in [0, 0.05) is 0 Å². The van der Waals surface area contributed by atoms with E-state index < -0.39 is 11.8 Å². The van der Waals surface area contributed by atoms with Crippen molar-refractivity contribution in [2.75, 3.05) is 19.8 Å². The van der Waals surface area contributed by atoms with Gasteiger partial charge >= 0.3 is 17.9 Å². The zero-order valence-electron chi connectivity index (χ0n) is 30.4. The first kappa shape index (κ1) is 41.4. The molecule has 0 aliphatic heterocycles. The summed E-state index contributed by atoms with van der Waals surface area (Å²) in [4.78, 5) is 39.3. The maximum absolute atomic E-state index is 13.3. The molecule has 264 valence electrons. The third-order valence-corrected chi connectivity index (χ3v) is 9.30. The molecule has 1 aliphatic rings. The van der Waals surface area contributed by atoms with Crippen molar-refractivity contribution in [1.82, 2.24) is 0 Å². The number of esters is 3. The van der Waals surface area contributed by atoms with E-state index in [4.69, 9.17) is 14.2 Å². The summed E-state index contributed by atoms with van der Waals surface area (Å²) in [5.74, 6) is -0.235. The standard InChI is InChI=1S/C39H72O6/c1-31(2)22-16-10-7-13-19-27-43-37(40)34-25-26-35(38(41)44-28-20-14-8-11-17-23-32(3)4)36(30-34)39(42)45-29-21-15-9-12-18-24-33(5)6/h31-36H,7-30H2,1-6H3. The van der Waals surface area contributed by atoms with Crippen LogP contribution >= 0.6 is 0 Å². The number of ether oxygens (including phenoxy) is 3. The summed E-state index contributed by atoms with van der Waals surface area (Å²) in [5.41, 5.74) is 0. The largest absolute Gasteiger partial charge is 0.465 e. The van der Waals surface area contributed by atoms with Crippen LogP contribution in [-0.2, 0) is 28.6 Å². The Morgan fingerprint density at radius 1 is 0.444 bits per heavy atom. The number of hydrogen-bond donors (Lipinski definition) is 0. The molecule has 0 N–H and O–H groups in total. The molecule has 0 radical (unpaired) electrons. The second-order valence-corrected chi connectivity index (χ2v) is 15.1. The monoisotopic (exact) mass is 637 g/mol. The zero-order chi connectivity index (χ0) is 33.3. The van der Waals surface area contributed by atoms with Crippen LogP contribution in [0.3, 0.4) is 0 Å². The van der Waals surface area contributed by atoms with Crippen LogP contribution < -0.4 is 0 Å². The first-order valence-electron chi connectivity index (χ1n) is 19.1. The van der Waals surface area contributed by atoms with Crippen LogP contribution in [0, 0.1) is 35.5 Å². The summed E-state index contributed by atoms with van der Waals surface area (Å²) in [6, 6.07) is 0. The summed E-state index contributed by atoms with van der Waals surface area (Å²) in [6.07, 6.45) is 21.7. The predicted octanol–water partition coefficient (Wildman–Crippen LogP) is 10.6. The average Bonchev–Trinajstić information content (AvgIpc) is 2.99. The minimum atomic E-state index is -0.646. The summed E-state index contributed by atoms with van der Waals surface area (Å²) in [5, 5.41) is 0. The second kappa shape index (κ2) is 26.5. The van der Waals surface area contributed by atoms with Gasteiger partial charge < -0.3 is 14.2 Å². The highest BCUT2D eigenvalue weighted by molar-refractivity contribution is 5.83. The van der Waals surface area contributed by atoms with Gasteiger partial charge in [-0.3, -0.25) is 14.4 Å². The Morgan fingerprint density at radius 2 is 0.778 bits per heavy atom. The van der Waals surface area contributed by atoms with E-state index in [1.54, 1.807) is 0 Å². The van der Waals surface area contributed by atoms with E-state index in [-0.39, 0.29) is 23.8 Å². The minimum absolute atomic E-state index is 0.238. The van der Waals surface area contributed by atoms with Crippen LogP contribution in [0.4, 0.5) is 0 Å². The van der Waals surface area contributed by atoms with E-state index in [1.165, 1.54) is 64.2 Å². The zero-order valence-corrected chi connectivity index (χ0v) is 30.4. The maximum atomic E-state index is 13.3. The number of rotatable bonds is 27. The van der Waals surface area contributed by atoms with Crippen LogP contribution in [0.1, 0.15) is 176 Å². The minimum Gasteiger partial charge on any atom is -0.465 e. The molecule has 0 amide bonds. The van der Waals surface area contributed by atoms with Crippen LogP contribution in [-0.4, -0.2) is 37.7 Å². The lowest BCUT2D eigenvalue weighted by atomic mass is 9.74. The Morgan fingerprint density at radius 3 is 1.18 bits per heavy atom. The van der Waals surface area contributed by atoms with Crippen molar-refractivity contribution >= 4 is 17.9 Å².